The van der Waals surface area contributed by atoms with Gasteiger partial charge in [0.05, 0.1) is 18.5 Å². The maximum atomic E-state index is 12.1. The fraction of sp³-hybridized carbons (Fsp3) is 0.200. The van der Waals surface area contributed by atoms with Crippen LogP contribution in [0.25, 0.3) is 0 Å². The third-order valence-electron chi connectivity index (χ3n) is 4.01. The van der Waals surface area contributed by atoms with Gasteiger partial charge in [0.2, 0.25) is 0 Å². The fourth-order valence-corrected chi connectivity index (χ4v) is 3.72. The molecule has 0 bridgehead atoms. The smallest absolute Gasteiger partial charge is 0.250 e. The zero-order valence-corrected chi connectivity index (χ0v) is 19.3. The molecule has 2 N–H and O–H groups in total. The van der Waals surface area contributed by atoms with Gasteiger partial charge < -0.3 is 9.88 Å². The summed E-state index contributed by atoms with van der Waals surface area (Å²) >= 11 is 10.6. The molecule has 0 saturated carbocycles. The first-order chi connectivity index (χ1) is 14.5. The van der Waals surface area contributed by atoms with Gasteiger partial charge in [0.1, 0.15) is 0 Å². The molecule has 3 aromatic rings. The van der Waals surface area contributed by atoms with Gasteiger partial charge in [0.15, 0.2) is 11.0 Å². The number of hydrogen-bond donors (Lipinski definition) is 2. The molecule has 30 heavy (non-hydrogen) atoms. The number of carbonyl (C=O) groups excluding carboxylic acids is 1. The molecule has 0 saturated heterocycles. The average molecular weight is 508 g/mol. The molecule has 0 atom stereocenters. The van der Waals surface area contributed by atoms with E-state index in [2.05, 4.69) is 42.0 Å². The number of aromatic nitrogens is 3. The summed E-state index contributed by atoms with van der Waals surface area (Å²) in [5.74, 6) is 0.781. The van der Waals surface area contributed by atoms with Crippen LogP contribution < -0.4 is 10.7 Å². The van der Waals surface area contributed by atoms with E-state index in [1.807, 2.05) is 60.0 Å². The monoisotopic (exact) mass is 506 g/mol. The molecule has 2 aromatic carbocycles. The molecule has 1 heterocycles. The summed E-state index contributed by atoms with van der Waals surface area (Å²) in [7, 11) is 0. The summed E-state index contributed by atoms with van der Waals surface area (Å²) in [5.41, 5.74) is 4.37. The molecular formula is C20H20BrClN6OS. The second-order valence-electron chi connectivity index (χ2n) is 6.14. The van der Waals surface area contributed by atoms with Crippen molar-refractivity contribution >= 4 is 57.1 Å². The fourth-order valence-electron chi connectivity index (χ4n) is 2.51. The van der Waals surface area contributed by atoms with Crippen LogP contribution >= 0.6 is 39.3 Å². The summed E-state index contributed by atoms with van der Waals surface area (Å²) in [4.78, 5) is 12.1. The summed E-state index contributed by atoms with van der Waals surface area (Å²) in [6.07, 6.45) is 1.60. The van der Waals surface area contributed by atoms with E-state index < -0.39 is 0 Å². The zero-order chi connectivity index (χ0) is 21.3. The van der Waals surface area contributed by atoms with Gasteiger partial charge in [-0.05, 0) is 48.9 Å². The number of amides is 1. The minimum absolute atomic E-state index is 0.195. The third kappa shape index (κ3) is 6.58. The number of benzene rings is 2. The van der Waals surface area contributed by atoms with Crippen LogP contribution in [-0.2, 0) is 17.9 Å². The van der Waals surface area contributed by atoms with E-state index in [1.54, 1.807) is 6.21 Å². The van der Waals surface area contributed by atoms with Gasteiger partial charge in [-0.15, -0.1) is 10.2 Å². The average Bonchev–Trinajstić information content (AvgIpc) is 3.15. The molecule has 0 fully saturated rings. The van der Waals surface area contributed by atoms with Gasteiger partial charge in [0.25, 0.3) is 5.91 Å². The summed E-state index contributed by atoms with van der Waals surface area (Å²) in [5, 5.41) is 17.1. The van der Waals surface area contributed by atoms with E-state index in [-0.39, 0.29) is 11.7 Å². The van der Waals surface area contributed by atoms with E-state index in [4.69, 9.17) is 11.6 Å². The van der Waals surface area contributed by atoms with Gasteiger partial charge in [0, 0.05) is 21.7 Å². The Morgan fingerprint density at radius 3 is 2.63 bits per heavy atom. The van der Waals surface area contributed by atoms with Crippen molar-refractivity contribution in [2.45, 2.75) is 25.2 Å². The highest BCUT2D eigenvalue weighted by Crippen LogP contribution is 2.18. The van der Waals surface area contributed by atoms with Crippen molar-refractivity contribution in [1.82, 2.24) is 20.2 Å². The Morgan fingerprint density at radius 2 is 1.93 bits per heavy atom. The lowest BCUT2D eigenvalue weighted by Crippen LogP contribution is -2.20. The topological polar surface area (TPSA) is 84.2 Å². The minimum Gasteiger partial charge on any atom is -0.378 e. The Labute approximate surface area is 192 Å². The molecule has 0 unspecified atom stereocenters. The highest BCUT2D eigenvalue weighted by Gasteiger charge is 2.13. The first-order valence-corrected chi connectivity index (χ1v) is 11.3. The molecule has 10 heteroatoms. The van der Waals surface area contributed by atoms with Crippen molar-refractivity contribution in [3.8, 4) is 0 Å². The summed E-state index contributed by atoms with van der Waals surface area (Å²) in [6, 6.07) is 15.1. The van der Waals surface area contributed by atoms with Crippen LogP contribution in [0.1, 0.15) is 18.3 Å². The Hall–Kier alpha value is -2.36. The lowest BCUT2D eigenvalue weighted by Gasteiger charge is -2.09. The van der Waals surface area contributed by atoms with Crippen molar-refractivity contribution in [1.29, 1.82) is 0 Å². The molecular weight excluding hydrogens is 488 g/mol. The largest absolute Gasteiger partial charge is 0.378 e. The number of nitrogens with zero attached hydrogens (tertiary/aromatic N) is 4. The number of thioether (sulfide) groups is 1. The Balaban J connectivity index is 1.50. The first-order valence-electron chi connectivity index (χ1n) is 9.17. The maximum Gasteiger partial charge on any atom is 0.250 e. The molecule has 156 valence electrons. The number of rotatable bonds is 9. The Kier molecular flexibility index (Phi) is 8.30. The van der Waals surface area contributed by atoms with E-state index in [1.165, 1.54) is 11.8 Å². The van der Waals surface area contributed by atoms with Gasteiger partial charge in [-0.2, -0.15) is 5.10 Å². The van der Waals surface area contributed by atoms with E-state index >= 15 is 0 Å². The van der Waals surface area contributed by atoms with E-state index in [0.29, 0.717) is 23.3 Å². The standard InChI is InChI=1S/C20H20BrClN6OS/c1-2-28-18(12-23-17-9-7-16(22)8-10-17)25-27-20(28)30-13-19(29)26-24-11-14-3-5-15(21)6-4-14/h3-11,23H,2,12-13H2,1H3,(H,26,29)/b24-11-. The van der Waals surface area contributed by atoms with Gasteiger partial charge >= 0.3 is 0 Å². The second kappa shape index (κ2) is 11.1. The number of carbonyl (C=O) groups is 1. The van der Waals surface area contributed by atoms with Gasteiger partial charge in [-0.3, -0.25) is 4.79 Å². The van der Waals surface area contributed by atoms with E-state index in [9.17, 15) is 4.79 Å². The molecule has 7 nitrogen and oxygen atoms in total. The number of hydrazone groups is 1. The second-order valence-corrected chi connectivity index (χ2v) is 8.43. The lowest BCUT2D eigenvalue weighted by molar-refractivity contribution is -0.118. The number of anilines is 1. The van der Waals surface area contributed by atoms with Crippen LogP contribution in [0.15, 0.2) is 63.3 Å². The summed E-state index contributed by atoms with van der Waals surface area (Å²) < 4.78 is 2.97. The maximum absolute atomic E-state index is 12.1. The normalized spacial score (nSPS) is 11.0. The number of halogens is 2. The predicted molar refractivity (Wildman–Crippen MR) is 125 cm³/mol. The quantitative estimate of drug-likeness (QED) is 0.252. The Bertz CT molecular complexity index is 1010. The van der Waals surface area contributed by atoms with Crippen LogP contribution in [-0.4, -0.2) is 32.6 Å². The molecule has 0 aliphatic heterocycles. The number of hydrogen-bond acceptors (Lipinski definition) is 6. The molecule has 3 rings (SSSR count). The van der Waals surface area contributed by atoms with Crippen LogP contribution in [0.3, 0.4) is 0 Å². The molecule has 1 amide bonds. The molecule has 0 radical (unpaired) electrons. The third-order valence-corrected chi connectivity index (χ3v) is 5.76. The zero-order valence-electron chi connectivity index (χ0n) is 16.2. The van der Waals surface area contributed by atoms with Crippen molar-refractivity contribution in [3.05, 3.63) is 69.4 Å². The van der Waals surface area contributed by atoms with Crippen molar-refractivity contribution < 1.29 is 4.79 Å². The lowest BCUT2D eigenvalue weighted by atomic mass is 10.2. The van der Waals surface area contributed by atoms with Crippen LogP contribution in [0.2, 0.25) is 5.02 Å². The number of nitrogens with one attached hydrogen (secondary N) is 2. The van der Waals surface area contributed by atoms with E-state index in [0.717, 1.165) is 21.5 Å². The first kappa shape index (κ1) is 22.3. The van der Waals surface area contributed by atoms with Crippen molar-refractivity contribution in [2.24, 2.45) is 5.10 Å². The summed E-state index contributed by atoms with van der Waals surface area (Å²) in [6.45, 7) is 3.24. The van der Waals surface area contributed by atoms with Crippen LogP contribution in [0.4, 0.5) is 5.69 Å². The highest BCUT2D eigenvalue weighted by atomic mass is 79.9. The molecule has 0 aliphatic rings. The minimum atomic E-state index is -0.208. The Morgan fingerprint density at radius 1 is 1.20 bits per heavy atom. The van der Waals surface area contributed by atoms with Crippen LogP contribution in [0.5, 0.6) is 0 Å². The van der Waals surface area contributed by atoms with Gasteiger partial charge in [-0.25, -0.2) is 5.43 Å². The highest BCUT2D eigenvalue weighted by molar-refractivity contribution is 9.10. The molecule has 0 aliphatic carbocycles. The van der Waals surface area contributed by atoms with Crippen molar-refractivity contribution in [2.75, 3.05) is 11.1 Å². The predicted octanol–water partition coefficient (Wildman–Crippen LogP) is 4.57. The molecule has 0 spiro atoms. The SMILES string of the molecule is CCn1c(CNc2ccc(Cl)cc2)nnc1SCC(=O)N/N=C\c1ccc(Br)cc1. The van der Waals surface area contributed by atoms with Crippen LogP contribution in [0, 0.1) is 0 Å². The van der Waals surface area contributed by atoms with Gasteiger partial charge in [-0.1, -0.05) is 51.4 Å². The van der Waals surface area contributed by atoms with Crippen molar-refractivity contribution in [3.63, 3.8) is 0 Å². The molecule has 1 aromatic heterocycles.